The summed E-state index contributed by atoms with van der Waals surface area (Å²) in [4.78, 5) is 51.5. The minimum absolute atomic E-state index is 0.0588. The quantitative estimate of drug-likeness (QED) is 0.493. The molecule has 0 heterocycles. The summed E-state index contributed by atoms with van der Waals surface area (Å²) in [6.45, 7) is 9.97. The van der Waals surface area contributed by atoms with Crippen LogP contribution < -0.4 is 0 Å². The third-order valence-electron chi connectivity index (χ3n) is 7.34. The number of ketones is 2. The van der Waals surface area contributed by atoms with Gasteiger partial charge in [0.25, 0.3) is 0 Å². The number of rotatable bonds is 3. The lowest BCUT2D eigenvalue weighted by Gasteiger charge is -2.33. The van der Waals surface area contributed by atoms with Gasteiger partial charge in [-0.15, -0.1) is 0 Å². The molecule has 0 bridgehead atoms. The standard InChI is InChI=1S/C29H36O7/c1-17-12-13-28(5,6)24(31)15-23(35-20(4)30)18(2)14-22-25(19(3)16-29(22,34)26(17)32)36-27(33)21-10-8-7-9-11-21/h7-14,17,19,22-23,25,34H,15-16H2,1-6H3/b13-12+,18-14-/t17-,19-,22+,23+,25-,29-/m0/s1. The number of carbonyl (C=O) groups excluding carboxylic acids is 4. The number of carbonyl (C=O) groups is 4. The topological polar surface area (TPSA) is 107 Å². The highest BCUT2D eigenvalue weighted by molar-refractivity contribution is 5.93. The van der Waals surface area contributed by atoms with Crippen LogP contribution in [0.4, 0.5) is 0 Å². The van der Waals surface area contributed by atoms with Crippen molar-refractivity contribution in [3.8, 4) is 0 Å². The summed E-state index contributed by atoms with van der Waals surface area (Å²) in [6.07, 6.45) is 3.33. The summed E-state index contributed by atoms with van der Waals surface area (Å²) in [6, 6.07) is 8.52. The molecular formula is C29H36O7. The van der Waals surface area contributed by atoms with Gasteiger partial charge >= 0.3 is 11.9 Å². The zero-order valence-electron chi connectivity index (χ0n) is 21.8. The molecule has 194 valence electrons. The molecule has 2 aliphatic carbocycles. The monoisotopic (exact) mass is 496 g/mol. The highest BCUT2D eigenvalue weighted by Crippen LogP contribution is 2.46. The Morgan fingerprint density at radius 1 is 1.06 bits per heavy atom. The molecule has 7 heteroatoms. The van der Waals surface area contributed by atoms with Crippen LogP contribution in [0.5, 0.6) is 0 Å². The average Bonchev–Trinajstić information content (AvgIpc) is 3.05. The van der Waals surface area contributed by atoms with Crippen LogP contribution in [0.3, 0.4) is 0 Å². The number of hydrogen-bond acceptors (Lipinski definition) is 7. The molecule has 3 rings (SSSR count). The van der Waals surface area contributed by atoms with Crippen molar-refractivity contribution in [1.29, 1.82) is 0 Å². The third kappa shape index (κ3) is 5.67. The van der Waals surface area contributed by atoms with E-state index in [-0.39, 0.29) is 24.5 Å². The van der Waals surface area contributed by atoms with Gasteiger partial charge in [0, 0.05) is 24.7 Å². The highest BCUT2D eigenvalue weighted by Gasteiger charge is 2.57. The summed E-state index contributed by atoms with van der Waals surface area (Å²) in [5.41, 5.74) is -1.83. The van der Waals surface area contributed by atoms with Gasteiger partial charge in [-0.3, -0.25) is 14.4 Å². The van der Waals surface area contributed by atoms with Crippen LogP contribution in [0.25, 0.3) is 0 Å². The Hall–Kier alpha value is -3.06. The molecule has 0 saturated heterocycles. The summed E-state index contributed by atoms with van der Waals surface area (Å²) >= 11 is 0. The SMILES string of the molecule is CC(=O)O[C@@H]1CC(=O)C(C)(C)/C=C/[C@H](C)C(=O)[C@]2(O)C[C@H](C)[C@H](OC(=O)c3ccccc3)[C@H]2/C=C\1C. The fourth-order valence-corrected chi connectivity index (χ4v) is 5.10. The van der Waals surface area contributed by atoms with E-state index in [9.17, 15) is 24.3 Å². The molecule has 7 nitrogen and oxygen atoms in total. The molecule has 1 aromatic carbocycles. The fraction of sp³-hybridized carbons (Fsp3) is 0.517. The lowest BCUT2D eigenvalue weighted by atomic mass is 9.77. The maximum atomic E-state index is 13.6. The fourth-order valence-electron chi connectivity index (χ4n) is 5.10. The van der Waals surface area contributed by atoms with Crippen molar-refractivity contribution in [2.24, 2.45) is 23.2 Å². The minimum atomic E-state index is -1.81. The lowest BCUT2D eigenvalue weighted by molar-refractivity contribution is -0.147. The Kier molecular flexibility index (Phi) is 8.04. The average molecular weight is 497 g/mol. The molecular weight excluding hydrogens is 460 g/mol. The molecule has 36 heavy (non-hydrogen) atoms. The van der Waals surface area contributed by atoms with Gasteiger partial charge in [0.15, 0.2) is 5.78 Å². The molecule has 1 saturated carbocycles. The molecule has 1 N–H and O–H groups in total. The number of hydrogen-bond donors (Lipinski definition) is 1. The van der Waals surface area contributed by atoms with Gasteiger partial charge < -0.3 is 14.6 Å². The number of esters is 2. The first-order valence-corrected chi connectivity index (χ1v) is 12.4. The summed E-state index contributed by atoms with van der Waals surface area (Å²) in [7, 11) is 0. The van der Waals surface area contributed by atoms with Gasteiger partial charge in [-0.05, 0) is 50.8 Å². The Morgan fingerprint density at radius 2 is 1.69 bits per heavy atom. The largest absolute Gasteiger partial charge is 0.458 e. The van der Waals surface area contributed by atoms with Crippen molar-refractivity contribution in [2.45, 2.75) is 72.2 Å². The summed E-state index contributed by atoms with van der Waals surface area (Å²) in [5.74, 6) is -3.55. The van der Waals surface area contributed by atoms with E-state index in [0.717, 1.165) is 0 Å². The minimum Gasteiger partial charge on any atom is -0.458 e. The van der Waals surface area contributed by atoms with E-state index in [4.69, 9.17) is 9.47 Å². The Bertz CT molecular complexity index is 1080. The zero-order chi connectivity index (χ0) is 26.8. The third-order valence-corrected chi connectivity index (χ3v) is 7.34. The van der Waals surface area contributed by atoms with E-state index in [1.807, 2.05) is 6.92 Å². The smallest absolute Gasteiger partial charge is 0.338 e. The maximum absolute atomic E-state index is 13.6. The van der Waals surface area contributed by atoms with Crippen molar-refractivity contribution in [2.75, 3.05) is 0 Å². The van der Waals surface area contributed by atoms with Crippen molar-refractivity contribution in [3.05, 3.63) is 59.7 Å². The number of ether oxygens (including phenoxy) is 2. The number of Topliss-reactive ketones (excluding diaryl/α,β-unsaturated/α-hetero) is 2. The van der Waals surface area contributed by atoms with Crippen LogP contribution in [0, 0.1) is 23.2 Å². The first kappa shape index (κ1) is 27.5. The second-order valence-electron chi connectivity index (χ2n) is 10.7. The lowest BCUT2D eigenvalue weighted by Crippen LogP contribution is -2.47. The Morgan fingerprint density at radius 3 is 2.31 bits per heavy atom. The van der Waals surface area contributed by atoms with E-state index in [0.29, 0.717) is 11.1 Å². The van der Waals surface area contributed by atoms with Gasteiger partial charge in [0.2, 0.25) is 0 Å². The van der Waals surface area contributed by atoms with Gasteiger partial charge in [0.05, 0.1) is 11.5 Å². The Labute approximate surface area is 212 Å². The Balaban J connectivity index is 2.10. The first-order chi connectivity index (χ1) is 16.8. The molecule has 0 unspecified atom stereocenters. The normalized spacial score (nSPS) is 34.9. The van der Waals surface area contributed by atoms with E-state index in [1.165, 1.54) is 6.92 Å². The van der Waals surface area contributed by atoms with Crippen LogP contribution in [0.2, 0.25) is 0 Å². The second-order valence-corrected chi connectivity index (χ2v) is 10.7. The molecule has 0 aromatic heterocycles. The summed E-state index contributed by atoms with van der Waals surface area (Å²) < 4.78 is 11.4. The zero-order valence-corrected chi connectivity index (χ0v) is 21.8. The molecule has 1 fully saturated rings. The number of benzene rings is 1. The van der Waals surface area contributed by atoms with E-state index in [2.05, 4.69) is 0 Å². The highest BCUT2D eigenvalue weighted by atomic mass is 16.5. The number of allylic oxidation sites excluding steroid dienone is 2. The van der Waals surface area contributed by atoms with Crippen LogP contribution in [-0.2, 0) is 23.9 Å². The first-order valence-electron chi connectivity index (χ1n) is 12.4. The van der Waals surface area contributed by atoms with Crippen LogP contribution in [0.15, 0.2) is 54.1 Å². The number of aliphatic hydroxyl groups is 1. The van der Waals surface area contributed by atoms with E-state index in [1.54, 1.807) is 76.3 Å². The van der Waals surface area contributed by atoms with E-state index >= 15 is 0 Å². The molecule has 2 aliphatic rings. The predicted octanol–water partition coefficient (Wildman–Crippen LogP) is 4.24. The second kappa shape index (κ2) is 10.5. The summed E-state index contributed by atoms with van der Waals surface area (Å²) in [5, 5.41) is 11.8. The van der Waals surface area contributed by atoms with Gasteiger partial charge in [0.1, 0.15) is 23.6 Å². The van der Waals surface area contributed by atoms with Gasteiger partial charge in [-0.25, -0.2) is 4.79 Å². The number of fused-ring (bicyclic) bond motifs is 1. The van der Waals surface area contributed by atoms with Gasteiger partial charge in [-0.2, -0.15) is 0 Å². The van der Waals surface area contributed by atoms with Crippen molar-refractivity contribution in [1.82, 2.24) is 0 Å². The molecule has 6 atom stereocenters. The molecule has 0 amide bonds. The van der Waals surface area contributed by atoms with Crippen molar-refractivity contribution in [3.63, 3.8) is 0 Å². The molecule has 0 radical (unpaired) electrons. The maximum Gasteiger partial charge on any atom is 0.338 e. The van der Waals surface area contributed by atoms with Crippen LogP contribution in [0.1, 0.15) is 64.7 Å². The van der Waals surface area contributed by atoms with Crippen LogP contribution in [-0.4, -0.2) is 46.4 Å². The molecule has 0 spiro atoms. The molecule has 1 aromatic rings. The van der Waals surface area contributed by atoms with Crippen molar-refractivity contribution < 1.29 is 33.8 Å². The molecule has 0 aliphatic heterocycles. The van der Waals surface area contributed by atoms with Crippen molar-refractivity contribution >= 4 is 23.5 Å². The van der Waals surface area contributed by atoms with Crippen LogP contribution >= 0.6 is 0 Å². The van der Waals surface area contributed by atoms with E-state index < -0.39 is 52.8 Å². The predicted molar refractivity (Wildman–Crippen MR) is 134 cm³/mol. The van der Waals surface area contributed by atoms with Gasteiger partial charge in [-0.1, -0.05) is 50.3 Å².